The van der Waals surface area contributed by atoms with Gasteiger partial charge in [-0.3, -0.25) is 0 Å². The molecule has 100 valence electrons. The van der Waals surface area contributed by atoms with Crippen LogP contribution < -0.4 is 0 Å². The van der Waals surface area contributed by atoms with E-state index < -0.39 is 0 Å². The molecule has 0 radical (unpaired) electrons. The van der Waals surface area contributed by atoms with Crippen LogP contribution in [0.3, 0.4) is 0 Å². The largest absolute Gasteiger partial charge is 0.376 e. The summed E-state index contributed by atoms with van der Waals surface area (Å²) < 4.78 is 8.30. The Morgan fingerprint density at radius 1 is 1.26 bits per heavy atom. The summed E-state index contributed by atoms with van der Waals surface area (Å²) in [5.41, 5.74) is 2.24. The van der Waals surface area contributed by atoms with Crippen molar-refractivity contribution in [1.29, 1.82) is 0 Å². The van der Waals surface area contributed by atoms with Crippen molar-refractivity contribution in [2.45, 2.75) is 37.3 Å². The summed E-state index contributed by atoms with van der Waals surface area (Å²) in [5.74, 6) is 2.18. The molecule has 0 amide bonds. The minimum Gasteiger partial charge on any atom is -0.376 e. The van der Waals surface area contributed by atoms with Gasteiger partial charge in [-0.2, -0.15) is 0 Å². The van der Waals surface area contributed by atoms with Crippen molar-refractivity contribution in [3.8, 4) is 0 Å². The highest BCUT2D eigenvalue weighted by atomic mass is 35.5. The van der Waals surface area contributed by atoms with Crippen LogP contribution in [-0.4, -0.2) is 22.3 Å². The van der Waals surface area contributed by atoms with E-state index in [1.165, 1.54) is 18.4 Å². The quantitative estimate of drug-likeness (QED) is 0.802. The number of para-hydroxylation sites is 2. The highest BCUT2D eigenvalue weighted by Gasteiger charge is 2.42. The fourth-order valence-corrected chi connectivity index (χ4v) is 3.50. The lowest BCUT2D eigenvalue weighted by Gasteiger charge is -2.22. The molecule has 0 N–H and O–H groups in total. The number of aromatic nitrogens is 2. The van der Waals surface area contributed by atoms with Gasteiger partial charge < -0.3 is 9.30 Å². The number of benzene rings is 1. The Bertz CT molecular complexity index is 605. The van der Waals surface area contributed by atoms with Gasteiger partial charge in [-0.15, -0.1) is 11.6 Å². The van der Waals surface area contributed by atoms with Crippen LogP contribution in [0.15, 0.2) is 24.3 Å². The van der Waals surface area contributed by atoms with Gasteiger partial charge in [-0.25, -0.2) is 4.98 Å². The summed E-state index contributed by atoms with van der Waals surface area (Å²) >= 11 is 6.10. The molecule has 2 unspecified atom stereocenters. The molecule has 3 nitrogen and oxygen atoms in total. The van der Waals surface area contributed by atoms with E-state index in [1.807, 2.05) is 6.07 Å². The first kappa shape index (κ1) is 11.7. The van der Waals surface area contributed by atoms with Gasteiger partial charge in [-0.05, 0) is 37.3 Å². The first-order chi connectivity index (χ1) is 9.38. The molecule has 1 saturated carbocycles. The van der Waals surface area contributed by atoms with Crippen LogP contribution in [0.4, 0.5) is 0 Å². The number of ether oxygens (including phenoxy) is 1. The van der Waals surface area contributed by atoms with Gasteiger partial charge in [-0.1, -0.05) is 12.1 Å². The van der Waals surface area contributed by atoms with E-state index in [2.05, 4.69) is 27.8 Å². The summed E-state index contributed by atoms with van der Waals surface area (Å²) in [6.07, 6.45) is 4.05. The molecule has 0 bridgehead atoms. The number of rotatable bonds is 3. The SMILES string of the molecule is ClCc1nc2ccccc2n1C1CCOC1C1CC1. The lowest BCUT2D eigenvalue weighted by Crippen LogP contribution is -2.23. The summed E-state index contributed by atoms with van der Waals surface area (Å²) in [6.45, 7) is 0.861. The summed E-state index contributed by atoms with van der Waals surface area (Å²) in [7, 11) is 0. The molecule has 2 atom stereocenters. The highest BCUT2D eigenvalue weighted by molar-refractivity contribution is 6.16. The molecule has 0 spiro atoms. The highest BCUT2D eigenvalue weighted by Crippen LogP contribution is 2.44. The number of hydrogen-bond donors (Lipinski definition) is 0. The molecule has 1 saturated heterocycles. The lowest BCUT2D eigenvalue weighted by molar-refractivity contribution is 0.0754. The Morgan fingerprint density at radius 2 is 2.11 bits per heavy atom. The average molecular weight is 277 g/mol. The third-order valence-corrected chi connectivity index (χ3v) is 4.55. The maximum atomic E-state index is 6.10. The fraction of sp³-hybridized carbons (Fsp3) is 0.533. The Labute approximate surface area is 117 Å². The normalized spacial score (nSPS) is 27.2. The van der Waals surface area contributed by atoms with Gasteiger partial charge >= 0.3 is 0 Å². The van der Waals surface area contributed by atoms with E-state index in [1.54, 1.807) is 0 Å². The van der Waals surface area contributed by atoms with Crippen LogP contribution in [0.1, 0.15) is 31.1 Å². The molecule has 19 heavy (non-hydrogen) atoms. The van der Waals surface area contributed by atoms with Gasteiger partial charge in [0.25, 0.3) is 0 Å². The maximum absolute atomic E-state index is 6.10. The maximum Gasteiger partial charge on any atom is 0.125 e. The van der Waals surface area contributed by atoms with Crippen molar-refractivity contribution in [2.75, 3.05) is 6.61 Å². The minimum absolute atomic E-state index is 0.361. The second kappa shape index (κ2) is 4.50. The standard InChI is InChI=1S/C15H17ClN2O/c16-9-14-17-11-3-1-2-4-12(11)18(14)13-7-8-19-15(13)10-5-6-10/h1-4,10,13,15H,5-9H2. The molecule has 2 aromatic rings. The van der Waals surface area contributed by atoms with Crippen LogP contribution in [0.25, 0.3) is 11.0 Å². The zero-order valence-corrected chi connectivity index (χ0v) is 11.5. The fourth-order valence-electron chi connectivity index (χ4n) is 3.31. The smallest absolute Gasteiger partial charge is 0.125 e. The average Bonchev–Trinajstić information content (AvgIpc) is 3.05. The van der Waals surface area contributed by atoms with Crippen molar-refractivity contribution < 1.29 is 4.74 Å². The predicted octanol–water partition coefficient (Wildman–Crippen LogP) is 3.52. The Balaban J connectivity index is 1.84. The molecule has 2 fully saturated rings. The molecule has 4 heteroatoms. The van der Waals surface area contributed by atoms with E-state index in [4.69, 9.17) is 16.3 Å². The topological polar surface area (TPSA) is 27.1 Å². The van der Waals surface area contributed by atoms with Crippen LogP contribution in [0.5, 0.6) is 0 Å². The third-order valence-electron chi connectivity index (χ3n) is 4.31. The van der Waals surface area contributed by atoms with E-state index in [0.29, 0.717) is 18.0 Å². The first-order valence-corrected chi connectivity index (χ1v) is 7.55. The number of nitrogens with zero attached hydrogens (tertiary/aromatic N) is 2. The molecule has 2 heterocycles. The van der Waals surface area contributed by atoms with E-state index >= 15 is 0 Å². The van der Waals surface area contributed by atoms with E-state index in [0.717, 1.165) is 30.3 Å². The monoisotopic (exact) mass is 276 g/mol. The van der Waals surface area contributed by atoms with Crippen LogP contribution in [0, 0.1) is 5.92 Å². The lowest BCUT2D eigenvalue weighted by atomic mass is 10.1. The number of imidazole rings is 1. The van der Waals surface area contributed by atoms with Gasteiger partial charge in [0.2, 0.25) is 0 Å². The van der Waals surface area contributed by atoms with Crippen LogP contribution in [0.2, 0.25) is 0 Å². The first-order valence-electron chi connectivity index (χ1n) is 7.02. The summed E-state index contributed by atoms with van der Waals surface area (Å²) in [5, 5.41) is 0. The Kier molecular flexibility index (Phi) is 2.78. The zero-order valence-electron chi connectivity index (χ0n) is 10.8. The molecular weight excluding hydrogens is 260 g/mol. The number of alkyl halides is 1. The van der Waals surface area contributed by atoms with Crippen molar-refractivity contribution in [2.24, 2.45) is 5.92 Å². The summed E-state index contributed by atoms with van der Waals surface area (Å²) in [6, 6.07) is 8.71. The van der Waals surface area contributed by atoms with Gasteiger partial charge in [0.05, 0.1) is 29.1 Å². The zero-order chi connectivity index (χ0) is 12.8. The van der Waals surface area contributed by atoms with Crippen molar-refractivity contribution >= 4 is 22.6 Å². The third kappa shape index (κ3) is 1.87. The molecule has 2 aliphatic rings. The molecule has 4 rings (SSSR count). The minimum atomic E-state index is 0.361. The van der Waals surface area contributed by atoms with Crippen molar-refractivity contribution in [3.63, 3.8) is 0 Å². The Morgan fingerprint density at radius 3 is 2.89 bits per heavy atom. The number of fused-ring (bicyclic) bond motifs is 1. The molecule has 1 aliphatic carbocycles. The molecule has 1 aromatic heterocycles. The van der Waals surface area contributed by atoms with E-state index in [-0.39, 0.29) is 0 Å². The van der Waals surface area contributed by atoms with Crippen LogP contribution in [-0.2, 0) is 10.6 Å². The molecule has 1 aliphatic heterocycles. The van der Waals surface area contributed by atoms with Crippen molar-refractivity contribution in [3.05, 3.63) is 30.1 Å². The van der Waals surface area contributed by atoms with Gasteiger partial charge in [0.1, 0.15) is 5.82 Å². The summed E-state index contributed by atoms with van der Waals surface area (Å²) in [4.78, 5) is 4.67. The van der Waals surface area contributed by atoms with Gasteiger partial charge in [0.15, 0.2) is 0 Å². The second-order valence-corrected chi connectivity index (χ2v) is 5.82. The Hall–Kier alpha value is -1.06. The van der Waals surface area contributed by atoms with Crippen LogP contribution >= 0.6 is 11.6 Å². The van der Waals surface area contributed by atoms with Gasteiger partial charge in [0, 0.05) is 6.61 Å². The van der Waals surface area contributed by atoms with Crippen molar-refractivity contribution in [1.82, 2.24) is 9.55 Å². The second-order valence-electron chi connectivity index (χ2n) is 5.55. The predicted molar refractivity (Wildman–Crippen MR) is 75.4 cm³/mol. The number of hydrogen-bond acceptors (Lipinski definition) is 2. The molecular formula is C15H17ClN2O. The molecule has 1 aromatic carbocycles. The number of halogens is 1. The van der Waals surface area contributed by atoms with E-state index in [9.17, 15) is 0 Å².